The Morgan fingerprint density at radius 3 is 2.39 bits per heavy atom. The van der Waals surface area contributed by atoms with Gasteiger partial charge >= 0.3 is 0 Å². The van der Waals surface area contributed by atoms with E-state index in [-0.39, 0.29) is 5.82 Å². The van der Waals surface area contributed by atoms with Crippen LogP contribution in [0.25, 0.3) is 11.3 Å². The summed E-state index contributed by atoms with van der Waals surface area (Å²) in [6, 6.07) is 19.8. The Morgan fingerprint density at radius 2 is 1.68 bits per heavy atom. The number of benzene rings is 2. The molecule has 2 aromatic carbocycles. The first-order valence-corrected chi connectivity index (χ1v) is 9.83. The maximum atomic E-state index is 13.1. The first-order valence-electron chi connectivity index (χ1n) is 9.45. The molecule has 28 heavy (non-hydrogen) atoms. The van der Waals surface area contributed by atoms with Gasteiger partial charge in [0.05, 0.1) is 17.0 Å². The molecule has 4 rings (SSSR count). The summed E-state index contributed by atoms with van der Waals surface area (Å²) in [6.07, 6.45) is 1.27. The van der Waals surface area contributed by atoms with Crippen LogP contribution in [0.5, 0.6) is 0 Å². The zero-order valence-corrected chi connectivity index (χ0v) is 16.2. The number of hydrogen-bond donors (Lipinski definition) is 1. The van der Waals surface area contributed by atoms with Crippen LogP contribution >= 0.6 is 11.6 Å². The van der Waals surface area contributed by atoms with Gasteiger partial charge in [-0.15, -0.1) is 0 Å². The second-order valence-electron chi connectivity index (χ2n) is 7.31. The monoisotopic (exact) mass is 396 g/mol. The zero-order chi connectivity index (χ0) is 19.6. The lowest BCUT2D eigenvalue weighted by Gasteiger charge is -2.38. The van der Waals surface area contributed by atoms with E-state index in [0.29, 0.717) is 24.4 Å². The van der Waals surface area contributed by atoms with Crippen LogP contribution in [0.1, 0.15) is 24.1 Å². The smallest absolute Gasteiger partial charge is 0.123 e. The van der Waals surface area contributed by atoms with Gasteiger partial charge in [-0.3, -0.25) is 9.88 Å². The Hall–Kier alpha value is -2.27. The number of nitrogens with zero attached hydrogens (tertiary/aromatic N) is 2. The summed E-state index contributed by atoms with van der Waals surface area (Å²) < 4.78 is 13.1. The molecule has 1 saturated heterocycles. The van der Waals surface area contributed by atoms with Crippen molar-refractivity contribution in [3.05, 3.63) is 88.8 Å². The average Bonchev–Trinajstić information content (AvgIpc) is 2.71. The SMILES string of the molecule is OC1(c2ccccc2Cl)CCN(Cc2cccc(-c3ccc(F)cc3)n2)CC1. The molecule has 0 radical (unpaired) electrons. The van der Waals surface area contributed by atoms with Gasteiger partial charge in [0.15, 0.2) is 0 Å². The third-order valence-corrected chi connectivity index (χ3v) is 5.72. The van der Waals surface area contributed by atoms with Crippen molar-refractivity contribution >= 4 is 11.6 Å². The fraction of sp³-hybridized carbons (Fsp3) is 0.261. The Morgan fingerprint density at radius 1 is 0.964 bits per heavy atom. The highest BCUT2D eigenvalue weighted by atomic mass is 35.5. The summed E-state index contributed by atoms with van der Waals surface area (Å²) in [5.74, 6) is -0.251. The van der Waals surface area contributed by atoms with Crippen molar-refractivity contribution in [2.24, 2.45) is 0 Å². The quantitative estimate of drug-likeness (QED) is 0.672. The van der Waals surface area contributed by atoms with Crippen molar-refractivity contribution in [2.75, 3.05) is 13.1 Å². The van der Waals surface area contributed by atoms with Gasteiger partial charge in [0.2, 0.25) is 0 Å². The number of likely N-dealkylation sites (tertiary alicyclic amines) is 1. The molecule has 1 aromatic heterocycles. The molecule has 1 N–H and O–H groups in total. The van der Waals surface area contributed by atoms with E-state index < -0.39 is 5.60 Å². The lowest BCUT2D eigenvalue weighted by atomic mass is 9.84. The van der Waals surface area contributed by atoms with Gasteiger partial charge < -0.3 is 5.11 Å². The molecule has 0 unspecified atom stereocenters. The van der Waals surface area contributed by atoms with E-state index in [9.17, 15) is 9.50 Å². The summed E-state index contributed by atoms with van der Waals surface area (Å²) in [5.41, 5.74) is 2.63. The molecule has 0 amide bonds. The lowest BCUT2D eigenvalue weighted by Crippen LogP contribution is -2.42. The van der Waals surface area contributed by atoms with Gasteiger partial charge in [-0.05, 0) is 55.3 Å². The largest absolute Gasteiger partial charge is 0.385 e. The Balaban J connectivity index is 1.43. The highest BCUT2D eigenvalue weighted by Gasteiger charge is 2.35. The molecular formula is C23H22ClFN2O. The molecule has 0 aliphatic carbocycles. The first-order chi connectivity index (χ1) is 13.5. The van der Waals surface area contributed by atoms with Crippen LogP contribution in [0.2, 0.25) is 5.02 Å². The molecule has 0 spiro atoms. The van der Waals surface area contributed by atoms with Crippen LogP contribution < -0.4 is 0 Å². The van der Waals surface area contributed by atoms with Gasteiger partial charge in [0, 0.05) is 35.8 Å². The van der Waals surface area contributed by atoms with E-state index in [1.54, 1.807) is 12.1 Å². The fourth-order valence-corrected chi connectivity index (χ4v) is 4.08. The summed E-state index contributed by atoms with van der Waals surface area (Å²) in [6.45, 7) is 2.25. The molecule has 1 aliphatic rings. The minimum Gasteiger partial charge on any atom is -0.385 e. The third-order valence-electron chi connectivity index (χ3n) is 5.39. The summed E-state index contributed by atoms with van der Waals surface area (Å²) >= 11 is 6.29. The molecular weight excluding hydrogens is 375 g/mol. The van der Waals surface area contributed by atoms with Gasteiger partial charge in [-0.25, -0.2) is 4.39 Å². The van der Waals surface area contributed by atoms with Gasteiger partial charge in [0.25, 0.3) is 0 Å². The van der Waals surface area contributed by atoms with Crippen LogP contribution in [0.3, 0.4) is 0 Å². The molecule has 0 atom stereocenters. The number of aliphatic hydroxyl groups is 1. The Kier molecular flexibility index (Phi) is 5.44. The molecule has 1 aliphatic heterocycles. The minimum atomic E-state index is -0.877. The lowest BCUT2D eigenvalue weighted by molar-refractivity contribution is -0.0278. The van der Waals surface area contributed by atoms with Crippen molar-refractivity contribution in [3.63, 3.8) is 0 Å². The molecule has 0 bridgehead atoms. The molecule has 144 valence electrons. The van der Waals surface area contributed by atoms with Gasteiger partial charge in [0.1, 0.15) is 5.82 Å². The fourth-order valence-electron chi connectivity index (χ4n) is 3.77. The van der Waals surface area contributed by atoms with E-state index in [2.05, 4.69) is 4.90 Å². The Labute approximate surface area is 169 Å². The van der Waals surface area contributed by atoms with Crippen molar-refractivity contribution in [2.45, 2.75) is 25.0 Å². The standard InChI is InChI=1S/C23H22ClFN2O/c24-21-6-2-1-5-20(21)23(28)12-14-27(15-13-23)16-19-4-3-7-22(26-19)17-8-10-18(25)11-9-17/h1-11,28H,12-16H2. The van der Waals surface area contributed by atoms with E-state index in [1.165, 1.54) is 12.1 Å². The first kappa shape index (κ1) is 19.1. The number of rotatable bonds is 4. The summed E-state index contributed by atoms with van der Waals surface area (Å²) in [7, 11) is 0. The van der Waals surface area contributed by atoms with Crippen LogP contribution in [0, 0.1) is 5.82 Å². The minimum absolute atomic E-state index is 0.251. The number of piperidine rings is 1. The third kappa shape index (κ3) is 4.09. The predicted octanol–water partition coefficient (Wildman–Crippen LogP) is 5.02. The molecule has 1 fully saturated rings. The van der Waals surface area contributed by atoms with Gasteiger partial charge in [-0.1, -0.05) is 35.9 Å². The van der Waals surface area contributed by atoms with Crippen LogP contribution in [-0.4, -0.2) is 28.1 Å². The topological polar surface area (TPSA) is 36.4 Å². The maximum Gasteiger partial charge on any atom is 0.123 e. The predicted molar refractivity (Wildman–Crippen MR) is 109 cm³/mol. The van der Waals surface area contributed by atoms with Crippen LogP contribution in [-0.2, 0) is 12.1 Å². The summed E-state index contributed by atoms with van der Waals surface area (Å²) in [5, 5.41) is 11.7. The number of aromatic nitrogens is 1. The second kappa shape index (κ2) is 8.00. The normalized spacial score (nSPS) is 16.8. The van der Waals surface area contributed by atoms with Crippen molar-refractivity contribution in [1.29, 1.82) is 0 Å². The van der Waals surface area contributed by atoms with Crippen molar-refractivity contribution < 1.29 is 9.50 Å². The van der Waals surface area contributed by atoms with Gasteiger partial charge in [-0.2, -0.15) is 0 Å². The molecule has 2 heterocycles. The molecule has 5 heteroatoms. The maximum absolute atomic E-state index is 13.1. The molecule has 3 nitrogen and oxygen atoms in total. The van der Waals surface area contributed by atoms with E-state index in [1.807, 2.05) is 42.5 Å². The van der Waals surface area contributed by atoms with E-state index in [4.69, 9.17) is 16.6 Å². The molecule has 3 aromatic rings. The highest BCUT2D eigenvalue weighted by Crippen LogP contribution is 2.36. The second-order valence-corrected chi connectivity index (χ2v) is 7.72. The van der Waals surface area contributed by atoms with Crippen molar-refractivity contribution in [1.82, 2.24) is 9.88 Å². The zero-order valence-electron chi connectivity index (χ0n) is 15.5. The van der Waals surface area contributed by atoms with Crippen molar-refractivity contribution in [3.8, 4) is 11.3 Å². The number of pyridine rings is 1. The Bertz CT molecular complexity index is 953. The average molecular weight is 397 g/mol. The highest BCUT2D eigenvalue weighted by molar-refractivity contribution is 6.31. The van der Waals surface area contributed by atoms with Crippen LogP contribution in [0.15, 0.2) is 66.7 Å². The van der Waals surface area contributed by atoms with E-state index in [0.717, 1.165) is 35.6 Å². The number of halogens is 2. The van der Waals surface area contributed by atoms with Crippen LogP contribution in [0.4, 0.5) is 4.39 Å². The summed E-state index contributed by atoms with van der Waals surface area (Å²) in [4.78, 5) is 7.02. The molecule has 0 saturated carbocycles. The van der Waals surface area contributed by atoms with E-state index >= 15 is 0 Å². The number of hydrogen-bond acceptors (Lipinski definition) is 3.